The van der Waals surface area contributed by atoms with Crippen molar-refractivity contribution in [3.63, 3.8) is 0 Å². The molecule has 0 aromatic rings. The number of nitrogens with zero attached hydrogens (tertiary/aromatic N) is 1. The maximum Gasteiger partial charge on any atom is 0.410 e. The first-order valence-corrected chi connectivity index (χ1v) is 6.08. The van der Waals surface area contributed by atoms with Crippen molar-refractivity contribution in [1.29, 1.82) is 0 Å². The first-order chi connectivity index (χ1) is 7.14. The molecule has 2 saturated carbocycles. The van der Waals surface area contributed by atoms with E-state index in [-0.39, 0.29) is 6.09 Å². The Kier molecular flexibility index (Phi) is 2.89. The molecule has 0 saturated heterocycles. The lowest BCUT2D eigenvalue weighted by atomic mass is 10.2. The second-order valence-electron chi connectivity index (χ2n) is 5.29. The van der Waals surface area contributed by atoms with Gasteiger partial charge < -0.3 is 9.64 Å². The Balaban J connectivity index is 1.76. The second kappa shape index (κ2) is 4.03. The van der Waals surface area contributed by atoms with E-state index in [1.807, 2.05) is 4.90 Å². The Morgan fingerprint density at radius 1 is 1.47 bits per heavy atom. The summed E-state index contributed by atoms with van der Waals surface area (Å²) in [6.45, 7) is 5.74. The fourth-order valence-corrected chi connectivity index (χ4v) is 1.73. The number of hydrogen-bond acceptors (Lipinski definition) is 2. The van der Waals surface area contributed by atoms with Crippen molar-refractivity contribution >= 4 is 6.09 Å². The zero-order chi connectivity index (χ0) is 10.9. The zero-order valence-corrected chi connectivity index (χ0v) is 9.79. The van der Waals surface area contributed by atoms with Crippen LogP contribution in [0.2, 0.25) is 0 Å². The first kappa shape index (κ1) is 10.8. The average molecular weight is 211 g/mol. The molecule has 0 atom stereocenters. The summed E-state index contributed by atoms with van der Waals surface area (Å²) < 4.78 is 5.37. The number of rotatable bonds is 5. The van der Waals surface area contributed by atoms with E-state index in [4.69, 9.17) is 4.74 Å². The van der Waals surface area contributed by atoms with E-state index in [1.54, 1.807) is 0 Å². The van der Waals surface area contributed by atoms with Gasteiger partial charge in [-0.05, 0) is 32.1 Å². The minimum Gasteiger partial charge on any atom is -0.449 e. The Bertz CT molecular complexity index is 244. The highest BCUT2D eigenvalue weighted by atomic mass is 16.6. The molecular formula is C12H21NO2. The standard InChI is InChI=1S/C12H21NO2/c1-3-8-13(10-4-5-10)11(14)15-9-12(2)6-7-12/h10H,3-9H2,1-2H3. The van der Waals surface area contributed by atoms with Crippen LogP contribution in [0.5, 0.6) is 0 Å². The van der Waals surface area contributed by atoms with E-state index in [2.05, 4.69) is 13.8 Å². The molecule has 2 rings (SSSR count). The van der Waals surface area contributed by atoms with E-state index in [0.29, 0.717) is 18.1 Å². The summed E-state index contributed by atoms with van der Waals surface area (Å²) in [7, 11) is 0. The molecule has 2 aliphatic carbocycles. The van der Waals surface area contributed by atoms with E-state index in [0.717, 1.165) is 25.8 Å². The van der Waals surface area contributed by atoms with Gasteiger partial charge in [-0.15, -0.1) is 0 Å². The molecule has 0 aromatic carbocycles. The van der Waals surface area contributed by atoms with Crippen LogP contribution in [0.1, 0.15) is 46.0 Å². The molecule has 0 N–H and O–H groups in total. The van der Waals surface area contributed by atoms with Crippen molar-refractivity contribution in [3.05, 3.63) is 0 Å². The summed E-state index contributed by atoms with van der Waals surface area (Å²) in [5.41, 5.74) is 0.303. The van der Waals surface area contributed by atoms with Gasteiger partial charge in [-0.2, -0.15) is 0 Å². The molecule has 0 bridgehead atoms. The van der Waals surface area contributed by atoms with Gasteiger partial charge in [0, 0.05) is 18.0 Å². The van der Waals surface area contributed by atoms with Gasteiger partial charge in [0.1, 0.15) is 0 Å². The van der Waals surface area contributed by atoms with Crippen LogP contribution in [0, 0.1) is 5.41 Å². The van der Waals surface area contributed by atoms with E-state index < -0.39 is 0 Å². The van der Waals surface area contributed by atoms with Gasteiger partial charge in [0.15, 0.2) is 0 Å². The smallest absolute Gasteiger partial charge is 0.410 e. The number of carbonyl (C=O) groups excluding carboxylic acids is 1. The summed E-state index contributed by atoms with van der Waals surface area (Å²) >= 11 is 0. The number of ether oxygens (including phenoxy) is 1. The van der Waals surface area contributed by atoms with Crippen LogP contribution >= 0.6 is 0 Å². The predicted molar refractivity (Wildman–Crippen MR) is 58.7 cm³/mol. The molecule has 15 heavy (non-hydrogen) atoms. The SMILES string of the molecule is CCCN(C(=O)OCC1(C)CC1)C1CC1. The van der Waals surface area contributed by atoms with Crippen LogP contribution in [0.3, 0.4) is 0 Å². The van der Waals surface area contributed by atoms with Crippen LogP contribution in [0.15, 0.2) is 0 Å². The molecule has 0 spiro atoms. The molecule has 0 aromatic heterocycles. The van der Waals surface area contributed by atoms with Gasteiger partial charge in [0.25, 0.3) is 0 Å². The summed E-state index contributed by atoms with van der Waals surface area (Å²) in [6.07, 6.45) is 5.66. The summed E-state index contributed by atoms with van der Waals surface area (Å²) in [4.78, 5) is 13.7. The normalized spacial score (nSPS) is 22.3. The van der Waals surface area contributed by atoms with E-state index in [9.17, 15) is 4.79 Å². The Hall–Kier alpha value is -0.730. The first-order valence-electron chi connectivity index (χ1n) is 6.08. The number of hydrogen-bond donors (Lipinski definition) is 0. The zero-order valence-electron chi connectivity index (χ0n) is 9.79. The lowest BCUT2D eigenvalue weighted by Crippen LogP contribution is -2.35. The second-order valence-corrected chi connectivity index (χ2v) is 5.29. The predicted octanol–water partition coefficient (Wildman–Crippen LogP) is 2.80. The summed E-state index contributed by atoms with van der Waals surface area (Å²) in [5.74, 6) is 0. The summed E-state index contributed by atoms with van der Waals surface area (Å²) in [5, 5.41) is 0. The fourth-order valence-electron chi connectivity index (χ4n) is 1.73. The van der Waals surface area contributed by atoms with Crippen LogP contribution in [0.4, 0.5) is 4.79 Å². The van der Waals surface area contributed by atoms with E-state index >= 15 is 0 Å². The molecule has 3 heteroatoms. The maximum absolute atomic E-state index is 11.8. The molecule has 3 nitrogen and oxygen atoms in total. The highest BCUT2D eigenvalue weighted by Gasteiger charge is 2.40. The lowest BCUT2D eigenvalue weighted by Gasteiger charge is -2.22. The minimum absolute atomic E-state index is 0.0903. The topological polar surface area (TPSA) is 29.5 Å². The van der Waals surface area contributed by atoms with Crippen molar-refractivity contribution in [2.75, 3.05) is 13.2 Å². The van der Waals surface area contributed by atoms with Crippen LogP contribution < -0.4 is 0 Å². The van der Waals surface area contributed by atoms with Crippen molar-refractivity contribution in [2.45, 2.75) is 52.0 Å². The maximum atomic E-state index is 11.8. The third-order valence-electron chi connectivity index (χ3n) is 3.33. The highest BCUT2D eigenvalue weighted by Crippen LogP contribution is 2.45. The van der Waals surface area contributed by atoms with Crippen molar-refractivity contribution in [2.24, 2.45) is 5.41 Å². The lowest BCUT2D eigenvalue weighted by molar-refractivity contribution is 0.0834. The van der Waals surface area contributed by atoms with Gasteiger partial charge in [-0.25, -0.2) is 4.79 Å². The monoisotopic (exact) mass is 211 g/mol. The molecular weight excluding hydrogens is 190 g/mol. The number of amides is 1. The van der Waals surface area contributed by atoms with Gasteiger partial charge in [0.2, 0.25) is 0 Å². The van der Waals surface area contributed by atoms with Gasteiger partial charge in [0.05, 0.1) is 6.61 Å². The summed E-state index contributed by atoms with van der Waals surface area (Å²) in [6, 6.07) is 0.476. The van der Waals surface area contributed by atoms with Gasteiger partial charge >= 0.3 is 6.09 Å². The molecule has 0 heterocycles. The fraction of sp³-hybridized carbons (Fsp3) is 0.917. The molecule has 86 valence electrons. The molecule has 0 aliphatic heterocycles. The van der Waals surface area contributed by atoms with Crippen LogP contribution in [-0.4, -0.2) is 30.2 Å². The van der Waals surface area contributed by atoms with Crippen LogP contribution in [0.25, 0.3) is 0 Å². The third kappa shape index (κ3) is 2.86. The molecule has 0 unspecified atom stereocenters. The van der Waals surface area contributed by atoms with Crippen LogP contribution in [-0.2, 0) is 4.74 Å². The van der Waals surface area contributed by atoms with Gasteiger partial charge in [-0.3, -0.25) is 0 Å². The van der Waals surface area contributed by atoms with Gasteiger partial charge in [-0.1, -0.05) is 13.8 Å². The Labute approximate surface area is 91.8 Å². The van der Waals surface area contributed by atoms with Crippen molar-refractivity contribution in [3.8, 4) is 0 Å². The molecule has 0 radical (unpaired) electrons. The Morgan fingerprint density at radius 2 is 2.13 bits per heavy atom. The quantitative estimate of drug-likeness (QED) is 0.699. The third-order valence-corrected chi connectivity index (χ3v) is 3.33. The molecule has 2 fully saturated rings. The largest absolute Gasteiger partial charge is 0.449 e. The van der Waals surface area contributed by atoms with Crippen molar-refractivity contribution in [1.82, 2.24) is 4.90 Å². The molecule has 2 aliphatic rings. The average Bonchev–Trinajstić information content (AvgIpc) is 3.07. The van der Waals surface area contributed by atoms with E-state index in [1.165, 1.54) is 12.8 Å². The molecule has 1 amide bonds. The number of carbonyl (C=O) groups is 1. The highest BCUT2D eigenvalue weighted by molar-refractivity contribution is 5.68. The minimum atomic E-state index is -0.0903. The Morgan fingerprint density at radius 3 is 2.60 bits per heavy atom. The van der Waals surface area contributed by atoms with Crippen molar-refractivity contribution < 1.29 is 9.53 Å².